The highest BCUT2D eigenvalue weighted by molar-refractivity contribution is 6.00. The van der Waals surface area contributed by atoms with E-state index in [1.807, 2.05) is 50.8 Å². The van der Waals surface area contributed by atoms with Gasteiger partial charge in [-0.25, -0.2) is 9.37 Å². The van der Waals surface area contributed by atoms with E-state index in [0.717, 1.165) is 86.8 Å². The smallest absolute Gasteiger partial charge is 0.135 e. The molecule has 7 rings (SSSR count). The number of hydrogen-bond acceptors (Lipinski definition) is 7. The van der Waals surface area contributed by atoms with Crippen molar-refractivity contribution in [3.8, 4) is 33.8 Å². The summed E-state index contributed by atoms with van der Waals surface area (Å²) in [6, 6.07) is 13.2. The van der Waals surface area contributed by atoms with Crippen molar-refractivity contribution < 1.29 is 4.39 Å². The molecule has 9 nitrogen and oxygen atoms in total. The highest BCUT2D eigenvalue weighted by atomic mass is 19.1. The fourth-order valence-electron chi connectivity index (χ4n) is 6.29. The van der Waals surface area contributed by atoms with Crippen LogP contribution in [0.5, 0.6) is 0 Å². The van der Waals surface area contributed by atoms with E-state index in [2.05, 4.69) is 46.7 Å². The number of benzene rings is 1. The summed E-state index contributed by atoms with van der Waals surface area (Å²) >= 11 is 0. The van der Waals surface area contributed by atoms with Gasteiger partial charge in [-0.05, 0) is 93.0 Å². The minimum Gasteiger partial charge on any atom is -0.384 e. The number of likely N-dealkylation sites (N-methyl/N-ethyl adjacent to an activating group) is 1. The third kappa shape index (κ3) is 6.43. The number of nitrogens with one attached hydrogen (secondary N) is 4. The fraction of sp³-hybridized carbons (Fsp3) is 0.314. The van der Waals surface area contributed by atoms with Gasteiger partial charge in [0.2, 0.25) is 0 Å². The molecule has 0 radical (unpaired) electrons. The van der Waals surface area contributed by atoms with Crippen LogP contribution in [0.25, 0.3) is 55.7 Å². The van der Waals surface area contributed by atoms with E-state index in [0.29, 0.717) is 12.2 Å². The van der Waals surface area contributed by atoms with E-state index < -0.39 is 0 Å². The molecule has 0 aliphatic heterocycles. The quantitative estimate of drug-likeness (QED) is 0.132. The average molecular weight is 604 g/mol. The van der Waals surface area contributed by atoms with Crippen molar-refractivity contribution in [2.24, 2.45) is 5.92 Å². The zero-order valence-electron chi connectivity index (χ0n) is 25.7. The average Bonchev–Trinajstić information content (AvgIpc) is 3.80. The third-order valence-corrected chi connectivity index (χ3v) is 8.63. The Hall–Kier alpha value is -4.67. The minimum absolute atomic E-state index is 0.300. The molecule has 230 valence electrons. The number of anilines is 1. The van der Waals surface area contributed by atoms with Crippen LogP contribution in [-0.2, 0) is 6.54 Å². The second-order valence-corrected chi connectivity index (χ2v) is 12.3. The van der Waals surface area contributed by atoms with Crippen LogP contribution in [0, 0.1) is 11.7 Å². The molecule has 1 aliphatic carbocycles. The normalized spacial score (nSPS) is 13.9. The van der Waals surface area contributed by atoms with Crippen molar-refractivity contribution in [3.63, 3.8) is 0 Å². The fourth-order valence-corrected chi connectivity index (χ4v) is 6.29. The number of aromatic amines is 2. The van der Waals surface area contributed by atoms with Crippen molar-refractivity contribution in [2.75, 3.05) is 39.0 Å². The first-order valence-electron chi connectivity index (χ1n) is 15.7. The summed E-state index contributed by atoms with van der Waals surface area (Å²) in [7, 11) is 4.03. The molecule has 1 aromatic carbocycles. The van der Waals surface area contributed by atoms with Crippen LogP contribution in [0.3, 0.4) is 0 Å². The van der Waals surface area contributed by atoms with Gasteiger partial charge in [0.05, 0.1) is 28.6 Å². The van der Waals surface area contributed by atoms with Gasteiger partial charge in [0.15, 0.2) is 0 Å². The highest BCUT2D eigenvalue weighted by Gasteiger charge is 2.17. The van der Waals surface area contributed by atoms with Gasteiger partial charge in [-0.3, -0.25) is 15.1 Å². The van der Waals surface area contributed by atoms with E-state index in [4.69, 9.17) is 4.98 Å². The summed E-state index contributed by atoms with van der Waals surface area (Å²) in [5.41, 5.74) is 9.22. The molecule has 0 unspecified atom stereocenters. The molecular weight excluding hydrogens is 565 g/mol. The molecule has 0 atom stereocenters. The summed E-state index contributed by atoms with van der Waals surface area (Å²) in [6.45, 7) is 3.41. The predicted molar refractivity (Wildman–Crippen MR) is 178 cm³/mol. The maximum absolute atomic E-state index is 14.7. The Kier molecular flexibility index (Phi) is 8.23. The standard InChI is InChI=1S/C35H38FN9/c1-45(2)10-9-40-27-13-24(12-26(36)14-27)29-20-39-21-33-28(29)15-32(41-33)35-34-31(43-44-35)8-7-30(42-34)25-11-23(18-38-19-25)17-37-16-22-5-3-4-6-22/h7-8,11-15,18-22,37,40-41H,3-6,9-10,16-17H2,1-2H3,(H,43,44). The lowest BCUT2D eigenvalue weighted by Gasteiger charge is -2.13. The molecule has 0 amide bonds. The first-order valence-corrected chi connectivity index (χ1v) is 15.7. The highest BCUT2D eigenvalue weighted by Crippen LogP contribution is 2.35. The second-order valence-electron chi connectivity index (χ2n) is 12.3. The Labute approximate surface area is 261 Å². The Bertz CT molecular complexity index is 1940. The molecule has 0 bridgehead atoms. The predicted octanol–water partition coefficient (Wildman–Crippen LogP) is 6.62. The van der Waals surface area contributed by atoms with Crippen molar-refractivity contribution >= 4 is 27.6 Å². The molecule has 6 aromatic rings. The molecule has 0 saturated heterocycles. The third-order valence-electron chi connectivity index (χ3n) is 8.63. The Morgan fingerprint density at radius 1 is 0.933 bits per heavy atom. The van der Waals surface area contributed by atoms with Crippen LogP contribution in [0.2, 0.25) is 0 Å². The molecule has 0 spiro atoms. The van der Waals surface area contributed by atoms with Gasteiger partial charge in [-0.15, -0.1) is 0 Å². The molecule has 1 fully saturated rings. The van der Waals surface area contributed by atoms with Crippen molar-refractivity contribution in [1.29, 1.82) is 0 Å². The number of fused-ring (bicyclic) bond motifs is 2. The lowest BCUT2D eigenvalue weighted by molar-refractivity contribution is 0.425. The number of aromatic nitrogens is 6. The van der Waals surface area contributed by atoms with Gasteiger partial charge in [0, 0.05) is 60.4 Å². The SMILES string of the molecule is CN(C)CCNc1cc(F)cc(-c2cncc3[nH]c(-c4n[nH]c5ccc(-c6cncc(CNCC7CCCC7)c6)nc45)cc23)c1. The van der Waals surface area contributed by atoms with Crippen molar-refractivity contribution in [2.45, 2.75) is 32.2 Å². The zero-order chi connectivity index (χ0) is 30.8. The molecular formula is C35H38FN9. The van der Waals surface area contributed by atoms with E-state index >= 15 is 0 Å². The Morgan fingerprint density at radius 2 is 1.80 bits per heavy atom. The Balaban J connectivity index is 1.17. The Morgan fingerprint density at radius 3 is 2.67 bits per heavy atom. The van der Waals surface area contributed by atoms with Gasteiger partial charge >= 0.3 is 0 Å². The summed E-state index contributed by atoms with van der Waals surface area (Å²) in [4.78, 5) is 19.6. The van der Waals surface area contributed by atoms with Crippen LogP contribution < -0.4 is 10.6 Å². The number of H-pyrrole nitrogens is 2. The van der Waals surface area contributed by atoms with Gasteiger partial charge < -0.3 is 20.5 Å². The van der Waals surface area contributed by atoms with E-state index in [1.165, 1.54) is 31.7 Å². The first kappa shape index (κ1) is 29.1. The van der Waals surface area contributed by atoms with Crippen LogP contribution in [-0.4, -0.2) is 68.8 Å². The van der Waals surface area contributed by atoms with Crippen molar-refractivity contribution in [1.82, 2.24) is 40.3 Å². The molecule has 5 heterocycles. The number of pyridine rings is 3. The summed E-state index contributed by atoms with van der Waals surface area (Å²) in [5.74, 6) is 0.494. The van der Waals surface area contributed by atoms with Crippen molar-refractivity contribution in [3.05, 3.63) is 78.6 Å². The van der Waals surface area contributed by atoms with Crippen LogP contribution in [0.15, 0.2) is 67.3 Å². The van der Waals surface area contributed by atoms with Crippen LogP contribution in [0.4, 0.5) is 10.1 Å². The molecule has 1 saturated carbocycles. The van der Waals surface area contributed by atoms with E-state index in [-0.39, 0.29) is 5.82 Å². The second kappa shape index (κ2) is 12.7. The summed E-state index contributed by atoms with van der Waals surface area (Å²) in [6.07, 6.45) is 12.7. The maximum atomic E-state index is 14.7. The summed E-state index contributed by atoms with van der Waals surface area (Å²) < 4.78 is 14.7. The van der Waals surface area contributed by atoms with Crippen LogP contribution in [0.1, 0.15) is 31.2 Å². The van der Waals surface area contributed by atoms with Gasteiger partial charge in [-0.1, -0.05) is 12.8 Å². The number of rotatable bonds is 11. The van der Waals surface area contributed by atoms with Crippen LogP contribution >= 0.6 is 0 Å². The lowest BCUT2D eigenvalue weighted by Crippen LogP contribution is -2.20. The van der Waals surface area contributed by atoms with Gasteiger partial charge in [0.25, 0.3) is 0 Å². The summed E-state index contributed by atoms with van der Waals surface area (Å²) in [5, 5.41) is 15.6. The zero-order valence-corrected chi connectivity index (χ0v) is 25.7. The molecule has 10 heteroatoms. The minimum atomic E-state index is -0.300. The number of hydrogen-bond donors (Lipinski definition) is 4. The number of halogens is 1. The van der Waals surface area contributed by atoms with E-state index in [1.54, 1.807) is 18.5 Å². The first-order chi connectivity index (χ1) is 22.0. The van der Waals surface area contributed by atoms with Gasteiger partial charge in [-0.2, -0.15) is 5.10 Å². The largest absolute Gasteiger partial charge is 0.384 e. The molecule has 4 N–H and O–H groups in total. The lowest BCUT2D eigenvalue weighted by atomic mass is 10.0. The molecule has 45 heavy (non-hydrogen) atoms. The van der Waals surface area contributed by atoms with Gasteiger partial charge in [0.1, 0.15) is 17.0 Å². The monoisotopic (exact) mass is 603 g/mol. The molecule has 1 aliphatic rings. The maximum Gasteiger partial charge on any atom is 0.135 e. The molecule has 5 aromatic heterocycles. The van der Waals surface area contributed by atoms with E-state index in [9.17, 15) is 4.39 Å². The topological polar surface area (TPSA) is 110 Å². The number of nitrogens with zero attached hydrogens (tertiary/aromatic N) is 5.